The van der Waals surface area contributed by atoms with E-state index in [1.54, 1.807) is 12.1 Å². The number of hydrogen-bond donors (Lipinski definition) is 3. The molecular weight excluding hydrogens is 250 g/mol. The van der Waals surface area contributed by atoms with E-state index in [4.69, 9.17) is 14.9 Å². The molecule has 6 nitrogen and oxygen atoms in total. The molecule has 0 fully saturated rings. The van der Waals surface area contributed by atoms with Gasteiger partial charge in [0.25, 0.3) is 0 Å². The highest BCUT2D eigenvalue weighted by molar-refractivity contribution is 5.90. The van der Waals surface area contributed by atoms with E-state index in [1.807, 2.05) is 20.8 Å². The summed E-state index contributed by atoms with van der Waals surface area (Å²) in [5.41, 5.74) is -0.456. The summed E-state index contributed by atoms with van der Waals surface area (Å²) in [5.74, 6) is -1.31. The van der Waals surface area contributed by atoms with Crippen LogP contribution >= 0.6 is 0 Å². The lowest BCUT2D eigenvalue weighted by atomic mass is 10.2. The number of nitrogens with one attached hydrogen (secondary N) is 1. The Kier molecular flexibility index (Phi) is 6.40. The van der Waals surface area contributed by atoms with Gasteiger partial charge in [0.05, 0.1) is 0 Å². The first kappa shape index (κ1) is 16.8. The number of carboxylic acids is 1. The molecule has 0 saturated heterocycles. The summed E-state index contributed by atoms with van der Waals surface area (Å²) in [5, 5.41) is 19.7. The zero-order chi connectivity index (χ0) is 15.1. The highest BCUT2D eigenvalue weighted by Crippen LogP contribution is 2.14. The molecule has 6 heteroatoms. The lowest BCUT2D eigenvalue weighted by Gasteiger charge is -2.18. The van der Waals surface area contributed by atoms with Crippen molar-refractivity contribution in [3.8, 4) is 5.75 Å². The van der Waals surface area contributed by atoms with Crippen LogP contribution in [0.2, 0.25) is 0 Å². The molecular formula is C13H19NO5. The van der Waals surface area contributed by atoms with E-state index in [2.05, 4.69) is 5.32 Å². The third-order valence-corrected chi connectivity index (χ3v) is 1.74. The predicted octanol–water partition coefficient (Wildman–Crippen LogP) is 2.23. The van der Waals surface area contributed by atoms with Crippen LogP contribution < -0.4 is 5.32 Å². The third-order valence-electron chi connectivity index (χ3n) is 1.74. The lowest BCUT2D eigenvalue weighted by Crippen LogP contribution is -2.30. The van der Waals surface area contributed by atoms with Crippen LogP contribution in [0.4, 0.5) is 4.79 Å². The average molecular weight is 269 g/mol. The van der Waals surface area contributed by atoms with Crippen LogP contribution in [0.5, 0.6) is 5.75 Å². The fourth-order valence-corrected chi connectivity index (χ4v) is 0.984. The highest BCUT2D eigenvalue weighted by atomic mass is 16.6. The zero-order valence-electron chi connectivity index (χ0n) is 11.4. The minimum Gasteiger partial charge on any atom is -0.507 e. The lowest BCUT2D eigenvalue weighted by molar-refractivity contribution is 0.0541. The third kappa shape index (κ3) is 7.64. The number of carbonyl (C=O) groups is 2. The van der Waals surface area contributed by atoms with Gasteiger partial charge in [-0.2, -0.15) is 0 Å². The molecule has 1 rings (SSSR count). The molecule has 0 bridgehead atoms. The van der Waals surface area contributed by atoms with E-state index < -0.39 is 5.97 Å². The number of aromatic carboxylic acids is 1. The molecule has 0 aromatic heterocycles. The van der Waals surface area contributed by atoms with Gasteiger partial charge in [-0.3, -0.25) is 0 Å². The first-order valence-electron chi connectivity index (χ1n) is 5.59. The van der Waals surface area contributed by atoms with Gasteiger partial charge in [-0.1, -0.05) is 12.1 Å². The molecule has 0 heterocycles. The number of para-hydroxylation sites is 1. The van der Waals surface area contributed by atoms with Crippen LogP contribution in [0, 0.1) is 0 Å². The Labute approximate surface area is 112 Å². The number of ether oxygens (including phenoxy) is 1. The molecule has 0 atom stereocenters. The standard InChI is InChI=1S/C7H6O3.C6H13NO2/c8-6-4-2-1-3-5(6)7(9)10;1-6(2,3)9-5(8)7-4/h1-4,8H,(H,9,10);1-4H3,(H,7,8). The molecule has 106 valence electrons. The van der Waals surface area contributed by atoms with Crippen molar-refractivity contribution >= 4 is 12.1 Å². The first-order chi connectivity index (χ1) is 8.67. The van der Waals surface area contributed by atoms with Gasteiger partial charge < -0.3 is 20.3 Å². The van der Waals surface area contributed by atoms with Crippen LogP contribution in [0.1, 0.15) is 31.1 Å². The summed E-state index contributed by atoms with van der Waals surface area (Å²) >= 11 is 0. The SMILES string of the molecule is CNC(=O)OC(C)(C)C.O=C(O)c1ccccc1O. The summed E-state index contributed by atoms with van der Waals surface area (Å²) < 4.78 is 4.84. The quantitative estimate of drug-likeness (QED) is 0.726. The second-order valence-electron chi connectivity index (χ2n) is 4.57. The van der Waals surface area contributed by atoms with E-state index in [-0.39, 0.29) is 23.0 Å². The Balaban J connectivity index is 0.000000344. The summed E-state index contributed by atoms with van der Waals surface area (Å²) in [7, 11) is 1.54. The number of rotatable bonds is 1. The molecule has 0 aliphatic heterocycles. The van der Waals surface area contributed by atoms with Gasteiger partial charge in [0.1, 0.15) is 16.9 Å². The monoisotopic (exact) mass is 269 g/mol. The largest absolute Gasteiger partial charge is 0.507 e. The molecule has 1 amide bonds. The molecule has 3 N–H and O–H groups in total. The van der Waals surface area contributed by atoms with Crippen LogP contribution in [0.25, 0.3) is 0 Å². The maximum Gasteiger partial charge on any atom is 0.407 e. The van der Waals surface area contributed by atoms with E-state index >= 15 is 0 Å². The van der Waals surface area contributed by atoms with Crippen molar-refractivity contribution in [3.05, 3.63) is 29.8 Å². The predicted molar refractivity (Wildman–Crippen MR) is 70.4 cm³/mol. The molecule has 0 saturated carbocycles. The molecule has 0 unspecified atom stereocenters. The van der Waals surface area contributed by atoms with Gasteiger partial charge >= 0.3 is 12.1 Å². The number of benzene rings is 1. The summed E-state index contributed by atoms with van der Waals surface area (Å²) in [6, 6.07) is 5.81. The molecule has 1 aromatic carbocycles. The van der Waals surface area contributed by atoms with Crippen molar-refractivity contribution in [1.82, 2.24) is 5.32 Å². The number of carboxylic acid groups (broad SMARTS) is 1. The molecule has 0 aliphatic rings. The van der Waals surface area contributed by atoms with Gasteiger partial charge in [0.2, 0.25) is 0 Å². The van der Waals surface area contributed by atoms with Crippen LogP contribution in [-0.4, -0.2) is 34.9 Å². The molecule has 0 aliphatic carbocycles. The normalized spacial score (nSPS) is 9.89. The minimum absolute atomic E-state index is 0.0671. The molecule has 19 heavy (non-hydrogen) atoms. The molecule has 0 radical (unpaired) electrons. The Morgan fingerprint density at radius 1 is 1.21 bits per heavy atom. The summed E-state index contributed by atoms with van der Waals surface area (Å²) in [4.78, 5) is 20.8. The van der Waals surface area contributed by atoms with Crippen molar-refractivity contribution in [2.75, 3.05) is 7.05 Å². The zero-order valence-corrected chi connectivity index (χ0v) is 11.4. The van der Waals surface area contributed by atoms with Gasteiger partial charge in [0, 0.05) is 7.05 Å². The molecule has 1 aromatic rings. The maximum absolute atomic E-state index is 10.5. The number of carbonyl (C=O) groups excluding carboxylic acids is 1. The highest BCUT2D eigenvalue weighted by Gasteiger charge is 2.13. The van der Waals surface area contributed by atoms with E-state index in [1.165, 1.54) is 19.2 Å². The van der Waals surface area contributed by atoms with Gasteiger partial charge in [0.15, 0.2) is 0 Å². The number of hydrogen-bond acceptors (Lipinski definition) is 4. The van der Waals surface area contributed by atoms with Crippen molar-refractivity contribution < 1.29 is 24.5 Å². The minimum atomic E-state index is -1.11. The van der Waals surface area contributed by atoms with Gasteiger partial charge in [-0.15, -0.1) is 0 Å². The topological polar surface area (TPSA) is 95.9 Å². The van der Waals surface area contributed by atoms with Gasteiger partial charge in [-0.05, 0) is 32.9 Å². The number of alkyl carbamates (subject to hydrolysis) is 1. The Bertz CT molecular complexity index is 437. The van der Waals surface area contributed by atoms with Gasteiger partial charge in [-0.25, -0.2) is 9.59 Å². The van der Waals surface area contributed by atoms with Crippen LogP contribution in [0.3, 0.4) is 0 Å². The van der Waals surface area contributed by atoms with E-state index in [9.17, 15) is 9.59 Å². The smallest absolute Gasteiger partial charge is 0.407 e. The fourth-order valence-electron chi connectivity index (χ4n) is 0.984. The maximum atomic E-state index is 10.5. The van der Waals surface area contributed by atoms with Crippen LogP contribution in [-0.2, 0) is 4.74 Å². The summed E-state index contributed by atoms with van der Waals surface area (Å²) in [6.07, 6.45) is -0.387. The van der Waals surface area contributed by atoms with Crippen molar-refractivity contribution in [2.45, 2.75) is 26.4 Å². The molecule has 0 spiro atoms. The Morgan fingerprint density at radius 3 is 2.00 bits per heavy atom. The Hall–Kier alpha value is -2.24. The van der Waals surface area contributed by atoms with Crippen LogP contribution in [0.15, 0.2) is 24.3 Å². The van der Waals surface area contributed by atoms with E-state index in [0.717, 1.165) is 0 Å². The van der Waals surface area contributed by atoms with E-state index in [0.29, 0.717) is 0 Å². The number of aromatic hydroxyl groups is 1. The number of phenols is 1. The van der Waals surface area contributed by atoms with Crippen molar-refractivity contribution in [3.63, 3.8) is 0 Å². The second kappa shape index (κ2) is 7.25. The first-order valence-corrected chi connectivity index (χ1v) is 5.59. The average Bonchev–Trinajstić information content (AvgIpc) is 2.27. The van der Waals surface area contributed by atoms with Crippen molar-refractivity contribution in [1.29, 1.82) is 0 Å². The Morgan fingerprint density at radius 2 is 1.74 bits per heavy atom. The second-order valence-corrected chi connectivity index (χ2v) is 4.57. The summed E-state index contributed by atoms with van der Waals surface area (Å²) in [6.45, 7) is 5.46. The van der Waals surface area contributed by atoms with Crippen molar-refractivity contribution in [2.24, 2.45) is 0 Å². The fraction of sp³-hybridized carbons (Fsp3) is 0.385. The number of amides is 1.